The van der Waals surface area contributed by atoms with Crippen LogP contribution in [0, 0.1) is 0 Å². The summed E-state index contributed by atoms with van der Waals surface area (Å²) in [5, 5.41) is 5.72. The Morgan fingerprint density at radius 3 is 2.44 bits per heavy atom. The van der Waals surface area contributed by atoms with Crippen LogP contribution in [0.25, 0.3) is 22.0 Å². The lowest BCUT2D eigenvalue weighted by atomic mass is 10.0. The first kappa shape index (κ1) is 15.3. The minimum atomic E-state index is 0.871. The van der Waals surface area contributed by atoms with Crippen LogP contribution in [-0.4, -0.2) is 9.97 Å². The monoisotopic (exact) mass is 325 g/mol. The van der Waals surface area contributed by atoms with Gasteiger partial charge in [0, 0.05) is 29.0 Å². The third-order valence-corrected chi connectivity index (χ3v) is 4.34. The zero-order valence-corrected chi connectivity index (χ0v) is 14.1. The number of pyridine rings is 2. The van der Waals surface area contributed by atoms with Gasteiger partial charge in [-0.2, -0.15) is 0 Å². The first-order valence-electron chi connectivity index (χ1n) is 8.50. The van der Waals surface area contributed by atoms with E-state index < -0.39 is 0 Å². The maximum absolute atomic E-state index is 4.70. The molecular formula is C22H19N3. The minimum Gasteiger partial charge on any atom is -0.340 e. The van der Waals surface area contributed by atoms with Crippen LogP contribution in [0.15, 0.2) is 79.1 Å². The summed E-state index contributed by atoms with van der Waals surface area (Å²) < 4.78 is 0. The third kappa shape index (κ3) is 3.09. The van der Waals surface area contributed by atoms with Crippen molar-refractivity contribution in [2.24, 2.45) is 0 Å². The van der Waals surface area contributed by atoms with E-state index in [-0.39, 0.29) is 0 Å². The summed E-state index contributed by atoms with van der Waals surface area (Å²) in [6, 6.07) is 22.7. The van der Waals surface area contributed by atoms with E-state index in [0.29, 0.717) is 0 Å². The number of fused-ring (bicyclic) bond motifs is 1. The molecule has 0 spiro atoms. The molecule has 1 N–H and O–H groups in total. The molecule has 2 aromatic heterocycles. The third-order valence-electron chi connectivity index (χ3n) is 4.34. The molecule has 4 aromatic rings. The van der Waals surface area contributed by atoms with Gasteiger partial charge in [0.15, 0.2) is 0 Å². The number of nitrogens with zero attached hydrogens (tertiary/aromatic N) is 2. The Labute approximate surface area is 147 Å². The molecule has 25 heavy (non-hydrogen) atoms. The fourth-order valence-corrected chi connectivity index (χ4v) is 2.99. The van der Waals surface area contributed by atoms with E-state index in [1.807, 2.05) is 60.9 Å². The highest BCUT2D eigenvalue weighted by atomic mass is 15.0. The number of hydrogen-bond acceptors (Lipinski definition) is 3. The van der Waals surface area contributed by atoms with Gasteiger partial charge in [-0.3, -0.25) is 4.98 Å². The number of rotatable bonds is 4. The summed E-state index contributed by atoms with van der Waals surface area (Å²) in [6.45, 7) is 2.17. The van der Waals surface area contributed by atoms with Gasteiger partial charge in [-0.05, 0) is 47.7 Å². The van der Waals surface area contributed by atoms with Crippen LogP contribution >= 0.6 is 0 Å². The molecule has 3 heteroatoms. The van der Waals surface area contributed by atoms with Gasteiger partial charge in [0.05, 0.1) is 5.69 Å². The normalized spacial score (nSPS) is 10.8. The zero-order chi connectivity index (χ0) is 17.1. The fourth-order valence-electron chi connectivity index (χ4n) is 2.99. The lowest BCUT2D eigenvalue weighted by Crippen LogP contribution is -1.97. The van der Waals surface area contributed by atoms with Crippen molar-refractivity contribution in [3.05, 3.63) is 84.7 Å². The Bertz CT molecular complexity index is 996. The first-order chi connectivity index (χ1) is 12.3. The van der Waals surface area contributed by atoms with Gasteiger partial charge in [0.25, 0.3) is 0 Å². The molecule has 0 unspecified atom stereocenters. The van der Waals surface area contributed by atoms with E-state index in [2.05, 4.69) is 35.4 Å². The van der Waals surface area contributed by atoms with Gasteiger partial charge in [-0.1, -0.05) is 43.3 Å². The van der Waals surface area contributed by atoms with E-state index in [1.54, 1.807) is 0 Å². The molecule has 0 aliphatic carbocycles. The summed E-state index contributed by atoms with van der Waals surface area (Å²) in [4.78, 5) is 9.20. The van der Waals surface area contributed by atoms with Crippen molar-refractivity contribution >= 4 is 22.3 Å². The molecule has 0 aliphatic rings. The second-order valence-corrected chi connectivity index (χ2v) is 5.96. The van der Waals surface area contributed by atoms with Gasteiger partial charge in [0.1, 0.15) is 5.82 Å². The average molecular weight is 325 g/mol. The molecule has 122 valence electrons. The summed E-state index contributed by atoms with van der Waals surface area (Å²) in [5.74, 6) is 0.871. The molecule has 0 radical (unpaired) electrons. The predicted octanol–water partition coefficient (Wildman–Crippen LogP) is 5.60. The number of aryl methyl sites for hydroxylation is 1. The van der Waals surface area contributed by atoms with Crippen molar-refractivity contribution in [1.29, 1.82) is 0 Å². The Kier molecular flexibility index (Phi) is 4.13. The quantitative estimate of drug-likeness (QED) is 0.530. The van der Waals surface area contributed by atoms with Crippen LogP contribution in [0.2, 0.25) is 0 Å². The van der Waals surface area contributed by atoms with Crippen molar-refractivity contribution in [3.63, 3.8) is 0 Å². The lowest BCUT2D eigenvalue weighted by molar-refractivity contribution is 1.14. The van der Waals surface area contributed by atoms with E-state index in [9.17, 15) is 0 Å². The van der Waals surface area contributed by atoms with Crippen molar-refractivity contribution in [1.82, 2.24) is 9.97 Å². The molecule has 2 heterocycles. The second-order valence-electron chi connectivity index (χ2n) is 5.96. The van der Waals surface area contributed by atoms with Crippen LogP contribution in [-0.2, 0) is 6.42 Å². The average Bonchev–Trinajstić information content (AvgIpc) is 2.69. The van der Waals surface area contributed by atoms with Gasteiger partial charge < -0.3 is 5.32 Å². The van der Waals surface area contributed by atoms with Crippen molar-refractivity contribution in [2.75, 3.05) is 5.32 Å². The molecule has 3 nitrogen and oxygen atoms in total. The topological polar surface area (TPSA) is 37.8 Å². The van der Waals surface area contributed by atoms with Crippen molar-refractivity contribution in [3.8, 4) is 11.3 Å². The Hall–Kier alpha value is -3.20. The largest absolute Gasteiger partial charge is 0.340 e. The predicted molar refractivity (Wildman–Crippen MR) is 104 cm³/mol. The number of anilines is 2. The van der Waals surface area contributed by atoms with Crippen LogP contribution in [0.1, 0.15) is 12.5 Å². The highest BCUT2D eigenvalue weighted by Crippen LogP contribution is 2.32. The SMILES string of the molecule is CCc1ccc2c(-c3ccccn3)cnc(Nc3ccccc3)c2c1. The van der Waals surface area contributed by atoms with Gasteiger partial charge in [-0.25, -0.2) is 4.98 Å². The number of hydrogen-bond donors (Lipinski definition) is 1. The van der Waals surface area contributed by atoms with Gasteiger partial charge in [0.2, 0.25) is 0 Å². The number of para-hydroxylation sites is 1. The number of benzene rings is 2. The molecule has 0 amide bonds. The summed E-state index contributed by atoms with van der Waals surface area (Å²) in [5.41, 5.74) is 4.32. The van der Waals surface area contributed by atoms with Crippen LogP contribution in [0.4, 0.5) is 11.5 Å². The summed E-state index contributed by atoms with van der Waals surface area (Å²) in [7, 11) is 0. The fraction of sp³-hybridized carbons (Fsp3) is 0.0909. The molecule has 0 aliphatic heterocycles. The Balaban J connectivity index is 1.89. The molecule has 4 rings (SSSR count). The minimum absolute atomic E-state index is 0.871. The highest BCUT2D eigenvalue weighted by molar-refractivity contribution is 6.02. The summed E-state index contributed by atoms with van der Waals surface area (Å²) in [6.07, 6.45) is 4.72. The van der Waals surface area contributed by atoms with Crippen LogP contribution in [0.3, 0.4) is 0 Å². The Morgan fingerprint density at radius 2 is 1.68 bits per heavy atom. The van der Waals surface area contributed by atoms with E-state index in [0.717, 1.165) is 40.0 Å². The molecule has 0 fully saturated rings. The smallest absolute Gasteiger partial charge is 0.138 e. The zero-order valence-electron chi connectivity index (χ0n) is 14.1. The highest BCUT2D eigenvalue weighted by Gasteiger charge is 2.11. The standard InChI is InChI=1S/C22H19N3/c1-2-16-11-12-18-19(14-16)22(25-17-8-4-3-5-9-17)24-15-20(18)21-10-6-7-13-23-21/h3-15H,2H2,1H3,(H,24,25). The molecule has 0 saturated carbocycles. The van der Waals surface area contributed by atoms with Crippen molar-refractivity contribution in [2.45, 2.75) is 13.3 Å². The van der Waals surface area contributed by atoms with E-state index in [4.69, 9.17) is 4.98 Å². The second kappa shape index (κ2) is 6.73. The molecular weight excluding hydrogens is 306 g/mol. The molecule has 0 atom stereocenters. The Morgan fingerprint density at radius 1 is 0.840 bits per heavy atom. The molecule has 0 saturated heterocycles. The lowest BCUT2D eigenvalue weighted by Gasteiger charge is -2.13. The number of nitrogens with one attached hydrogen (secondary N) is 1. The van der Waals surface area contributed by atoms with E-state index in [1.165, 1.54) is 5.56 Å². The molecule has 0 bridgehead atoms. The summed E-state index contributed by atoms with van der Waals surface area (Å²) >= 11 is 0. The van der Waals surface area contributed by atoms with Crippen molar-refractivity contribution < 1.29 is 0 Å². The maximum atomic E-state index is 4.70. The van der Waals surface area contributed by atoms with Gasteiger partial charge in [-0.15, -0.1) is 0 Å². The molecule has 2 aromatic carbocycles. The maximum Gasteiger partial charge on any atom is 0.138 e. The van der Waals surface area contributed by atoms with E-state index >= 15 is 0 Å². The first-order valence-corrected chi connectivity index (χ1v) is 8.50. The van der Waals surface area contributed by atoms with Crippen LogP contribution in [0.5, 0.6) is 0 Å². The van der Waals surface area contributed by atoms with Crippen LogP contribution < -0.4 is 5.32 Å². The van der Waals surface area contributed by atoms with Gasteiger partial charge >= 0.3 is 0 Å². The number of aromatic nitrogens is 2.